The largest absolute Gasteiger partial charge is 0.300 e. The molecule has 3 N–H and O–H groups in total. The van der Waals surface area contributed by atoms with Gasteiger partial charge in [0.25, 0.3) is 0 Å². The van der Waals surface area contributed by atoms with Crippen molar-refractivity contribution < 1.29 is 8.42 Å². The standard InChI is InChI=1S/C7H14N4O2S/c1-7(2,3)11-14(12,13)10-6-4-5-8-9-6/h4-5,11H,1-3H3,(H2,8,9,10). The molecule has 0 saturated heterocycles. The number of hydrogen-bond donors (Lipinski definition) is 3. The normalized spacial score (nSPS) is 12.8. The molecule has 1 aromatic rings. The van der Waals surface area contributed by atoms with Crippen LogP contribution in [-0.2, 0) is 10.2 Å². The quantitative estimate of drug-likeness (QED) is 0.688. The van der Waals surface area contributed by atoms with Crippen LogP contribution in [0, 0.1) is 0 Å². The third-order valence-corrected chi connectivity index (χ3v) is 2.56. The van der Waals surface area contributed by atoms with Crippen molar-refractivity contribution in [1.82, 2.24) is 14.9 Å². The maximum absolute atomic E-state index is 11.4. The van der Waals surface area contributed by atoms with E-state index in [9.17, 15) is 8.42 Å². The van der Waals surface area contributed by atoms with Crippen LogP contribution < -0.4 is 9.44 Å². The Hall–Kier alpha value is -1.08. The van der Waals surface area contributed by atoms with Gasteiger partial charge in [0.2, 0.25) is 0 Å². The van der Waals surface area contributed by atoms with E-state index < -0.39 is 15.7 Å². The Morgan fingerprint density at radius 1 is 1.43 bits per heavy atom. The molecule has 1 rings (SSSR count). The Labute approximate surface area is 83.3 Å². The smallest absolute Gasteiger partial charge is 0.262 e. The van der Waals surface area contributed by atoms with E-state index in [-0.39, 0.29) is 0 Å². The zero-order chi connectivity index (χ0) is 10.8. The zero-order valence-electron chi connectivity index (χ0n) is 8.33. The molecule has 0 aliphatic heterocycles. The predicted molar refractivity (Wildman–Crippen MR) is 54.0 cm³/mol. The highest BCUT2D eigenvalue weighted by molar-refractivity contribution is 7.90. The molecule has 0 saturated carbocycles. The lowest BCUT2D eigenvalue weighted by molar-refractivity contribution is 0.494. The van der Waals surface area contributed by atoms with Gasteiger partial charge in [-0.1, -0.05) is 0 Å². The first kappa shape index (κ1) is 11.0. The summed E-state index contributed by atoms with van der Waals surface area (Å²) in [7, 11) is -3.53. The summed E-state index contributed by atoms with van der Waals surface area (Å²) < 4.78 is 27.6. The van der Waals surface area contributed by atoms with Crippen molar-refractivity contribution in [3.05, 3.63) is 12.3 Å². The van der Waals surface area contributed by atoms with E-state index in [1.165, 1.54) is 12.3 Å². The minimum atomic E-state index is -3.53. The molecule has 0 unspecified atom stereocenters. The number of nitrogens with zero attached hydrogens (tertiary/aromatic N) is 1. The lowest BCUT2D eigenvalue weighted by Crippen LogP contribution is -2.43. The van der Waals surface area contributed by atoms with Gasteiger partial charge in [-0.2, -0.15) is 18.2 Å². The van der Waals surface area contributed by atoms with Gasteiger partial charge in [0.15, 0.2) is 0 Å². The van der Waals surface area contributed by atoms with Crippen LogP contribution in [-0.4, -0.2) is 24.2 Å². The first-order valence-corrected chi connectivity index (χ1v) is 5.58. The van der Waals surface area contributed by atoms with Gasteiger partial charge in [-0.15, -0.1) is 0 Å². The third-order valence-electron chi connectivity index (χ3n) is 1.19. The van der Waals surface area contributed by atoms with E-state index in [4.69, 9.17) is 0 Å². The van der Waals surface area contributed by atoms with Gasteiger partial charge >= 0.3 is 10.2 Å². The molecule has 0 aliphatic rings. The summed E-state index contributed by atoms with van der Waals surface area (Å²) in [6, 6.07) is 1.53. The number of anilines is 1. The maximum atomic E-state index is 11.4. The topological polar surface area (TPSA) is 86.9 Å². The van der Waals surface area contributed by atoms with Crippen LogP contribution in [0.15, 0.2) is 12.3 Å². The van der Waals surface area contributed by atoms with Crippen molar-refractivity contribution >= 4 is 16.0 Å². The summed E-state index contributed by atoms with van der Waals surface area (Å²) in [5.41, 5.74) is -0.508. The number of hydrogen-bond acceptors (Lipinski definition) is 3. The average Bonchev–Trinajstić information content (AvgIpc) is 2.31. The van der Waals surface area contributed by atoms with E-state index in [0.717, 1.165) is 0 Å². The Morgan fingerprint density at radius 3 is 2.50 bits per heavy atom. The van der Waals surface area contributed by atoms with Gasteiger partial charge in [-0.25, -0.2) is 0 Å². The number of nitrogens with one attached hydrogen (secondary N) is 3. The van der Waals surface area contributed by atoms with Crippen LogP contribution in [0.3, 0.4) is 0 Å². The van der Waals surface area contributed by atoms with Crippen molar-refractivity contribution in [2.24, 2.45) is 0 Å². The highest BCUT2D eigenvalue weighted by atomic mass is 32.2. The van der Waals surface area contributed by atoms with E-state index >= 15 is 0 Å². The maximum Gasteiger partial charge on any atom is 0.300 e. The van der Waals surface area contributed by atoms with Crippen LogP contribution in [0.5, 0.6) is 0 Å². The minimum Gasteiger partial charge on any atom is -0.262 e. The number of H-pyrrole nitrogens is 1. The second kappa shape index (κ2) is 3.58. The lowest BCUT2D eigenvalue weighted by atomic mass is 10.1. The van der Waals surface area contributed by atoms with Crippen molar-refractivity contribution in [1.29, 1.82) is 0 Å². The van der Waals surface area contributed by atoms with Crippen molar-refractivity contribution in [3.8, 4) is 0 Å². The summed E-state index contributed by atoms with van der Waals surface area (Å²) in [4.78, 5) is 0. The lowest BCUT2D eigenvalue weighted by Gasteiger charge is -2.20. The van der Waals surface area contributed by atoms with Gasteiger partial charge in [0.05, 0.1) is 6.20 Å². The molecule has 14 heavy (non-hydrogen) atoms. The van der Waals surface area contributed by atoms with E-state index in [0.29, 0.717) is 5.82 Å². The fourth-order valence-electron chi connectivity index (χ4n) is 0.886. The summed E-state index contributed by atoms with van der Waals surface area (Å²) in [6.45, 7) is 5.29. The molecule has 1 heterocycles. The number of rotatable bonds is 3. The Kier molecular flexibility index (Phi) is 2.81. The minimum absolute atomic E-state index is 0.335. The molecule has 80 valence electrons. The fraction of sp³-hybridized carbons (Fsp3) is 0.571. The molecule has 0 radical (unpaired) electrons. The predicted octanol–water partition coefficient (Wildman–Crippen LogP) is 0.454. The van der Waals surface area contributed by atoms with Crippen LogP contribution in [0.25, 0.3) is 0 Å². The van der Waals surface area contributed by atoms with E-state index in [1.807, 2.05) is 0 Å². The molecule has 6 nitrogen and oxygen atoms in total. The summed E-state index contributed by atoms with van der Waals surface area (Å²) in [5.74, 6) is 0.335. The first-order valence-electron chi connectivity index (χ1n) is 4.10. The molecule has 0 amide bonds. The second-order valence-electron chi connectivity index (χ2n) is 3.93. The van der Waals surface area contributed by atoms with Crippen LogP contribution in [0.2, 0.25) is 0 Å². The van der Waals surface area contributed by atoms with Gasteiger partial charge in [0.1, 0.15) is 5.82 Å². The molecule has 7 heteroatoms. The van der Waals surface area contributed by atoms with Crippen molar-refractivity contribution in [3.63, 3.8) is 0 Å². The Bertz CT molecular complexity index is 376. The Balaban J connectivity index is 2.69. The molecule has 0 fully saturated rings. The van der Waals surface area contributed by atoms with Crippen LogP contribution in [0.4, 0.5) is 5.82 Å². The van der Waals surface area contributed by atoms with Gasteiger partial charge in [-0.3, -0.25) is 9.82 Å². The SMILES string of the molecule is CC(C)(C)NS(=O)(=O)Nc1ccn[nH]1. The molecular weight excluding hydrogens is 204 g/mol. The van der Waals surface area contributed by atoms with Gasteiger partial charge < -0.3 is 0 Å². The third kappa shape index (κ3) is 3.75. The Morgan fingerprint density at radius 2 is 2.07 bits per heavy atom. The molecule has 1 aromatic heterocycles. The molecule has 0 spiro atoms. The summed E-state index contributed by atoms with van der Waals surface area (Å²) >= 11 is 0. The van der Waals surface area contributed by atoms with Crippen LogP contribution >= 0.6 is 0 Å². The number of aromatic nitrogens is 2. The molecule has 0 aliphatic carbocycles. The molecule has 0 aromatic carbocycles. The molecule has 0 atom stereocenters. The number of aromatic amines is 1. The summed E-state index contributed by atoms with van der Waals surface area (Å²) in [6.07, 6.45) is 1.47. The van der Waals surface area contributed by atoms with E-state index in [1.54, 1.807) is 20.8 Å². The highest BCUT2D eigenvalue weighted by Gasteiger charge is 2.19. The summed E-state index contributed by atoms with van der Waals surface area (Å²) in [5, 5.41) is 6.12. The van der Waals surface area contributed by atoms with Gasteiger partial charge in [0, 0.05) is 11.6 Å². The van der Waals surface area contributed by atoms with Gasteiger partial charge in [-0.05, 0) is 20.8 Å². The highest BCUT2D eigenvalue weighted by Crippen LogP contribution is 2.05. The molecule has 0 bridgehead atoms. The zero-order valence-corrected chi connectivity index (χ0v) is 9.14. The first-order chi connectivity index (χ1) is 6.29. The second-order valence-corrected chi connectivity index (χ2v) is 5.34. The monoisotopic (exact) mass is 218 g/mol. The average molecular weight is 218 g/mol. The molecular formula is C7H14N4O2S. The van der Waals surface area contributed by atoms with Crippen molar-refractivity contribution in [2.75, 3.05) is 4.72 Å². The van der Waals surface area contributed by atoms with E-state index in [2.05, 4.69) is 19.6 Å². The van der Waals surface area contributed by atoms with Crippen molar-refractivity contribution in [2.45, 2.75) is 26.3 Å². The fourth-order valence-corrected chi connectivity index (χ4v) is 2.15. The van der Waals surface area contributed by atoms with Crippen LogP contribution in [0.1, 0.15) is 20.8 Å².